The quantitative estimate of drug-likeness (QED) is 0.453. The molecule has 0 saturated carbocycles. The molecule has 0 radical (unpaired) electrons. The topological polar surface area (TPSA) is 23.5 Å². The number of thioether (sulfide) groups is 1. The summed E-state index contributed by atoms with van der Waals surface area (Å²) in [6, 6.07) is 21.0. The highest BCUT2D eigenvalue weighted by Gasteiger charge is 2.28. The monoisotopic (exact) mass is 367 g/mol. The van der Waals surface area contributed by atoms with Crippen LogP contribution in [-0.2, 0) is 0 Å². The number of benzene rings is 2. The fourth-order valence-electron chi connectivity index (χ4n) is 3.07. The second-order valence-electron chi connectivity index (χ2n) is 6.28. The van der Waals surface area contributed by atoms with Crippen molar-refractivity contribution < 1.29 is 5.11 Å². The summed E-state index contributed by atoms with van der Waals surface area (Å²) in [5, 5.41) is 10.8. The average molecular weight is 368 g/mol. The van der Waals surface area contributed by atoms with E-state index in [1.807, 2.05) is 49.4 Å². The van der Waals surface area contributed by atoms with Crippen molar-refractivity contribution in [3.05, 3.63) is 91.0 Å². The van der Waals surface area contributed by atoms with E-state index in [1.54, 1.807) is 11.8 Å². The van der Waals surface area contributed by atoms with Gasteiger partial charge >= 0.3 is 0 Å². The summed E-state index contributed by atoms with van der Waals surface area (Å²) in [6.45, 7) is 8.80. The first-order valence-corrected chi connectivity index (χ1v) is 10.1. The van der Waals surface area contributed by atoms with Gasteiger partial charge in [-0.05, 0) is 31.5 Å². The molecule has 26 heavy (non-hydrogen) atoms. The molecule has 3 heteroatoms. The fraction of sp³-hybridized carbons (Fsp3) is 0.304. The standard InChI is InChI=1S/C23H29NOS/c1-4-12-23(25)22(18-26-21-15-10-7-11-16-21)24(17-5-2)19(3)20-13-8-6-9-14-20/h4-16,19,22-23,25H,2,17-18H2,1,3H3/b12-4+/t19-,22-,23-/m1/s1. The largest absolute Gasteiger partial charge is 0.387 e. The van der Waals surface area contributed by atoms with Gasteiger partial charge in [0.05, 0.1) is 6.10 Å². The minimum Gasteiger partial charge on any atom is -0.387 e. The van der Waals surface area contributed by atoms with Crippen LogP contribution >= 0.6 is 11.8 Å². The third-order valence-corrected chi connectivity index (χ3v) is 5.61. The predicted octanol–water partition coefficient (Wildman–Crippen LogP) is 5.33. The Balaban J connectivity index is 2.24. The van der Waals surface area contributed by atoms with Crippen molar-refractivity contribution >= 4 is 11.8 Å². The Labute approximate surface area is 162 Å². The van der Waals surface area contributed by atoms with Crippen molar-refractivity contribution in [3.63, 3.8) is 0 Å². The van der Waals surface area contributed by atoms with Crippen LogP contribution in [0.5, 0.6) is 0 Å². The van der Waals surface area contributed by atoms with Gasteiger partial charge in [0.15, 0.2) is 0 Å². The van der Waals surface area contributed by atoms with Gasteiger partial charge in [0.2, 0.25) is 0 Å². The molecule has 0 saturated heterocycles. The highest BCUT2D eigenvalue weighted by atomic mass is 32.2. The maximum atomic E-state index is 10.8. The summed E-state index contributed by atoms with van der Waals surface area (Å²) in [4.78, 5) is 3.55. The van der Waals surface area contributed by atoms with Crippen molar-refractivity contribution in [1.29, 1.82) is 0 Å². The molecule has 2 nitrogen and oxygen atoms in total. The summed E-state index contributed by atoms with van der Waals surface area (Å²) in [7, 11) is 0. The van der Waals surface area contributed by atoms with Crippen LogP contribution in [0.25, 0.3) is 0 Å². The molecule has 3 atom stereocenters. The van der Waals surface area contributed by atoms with E-state index < -0.39 is 6.10 Å². The van der Waals surface area contributed by atoms with Crippen molar-refractivity contribution in [2.45, 2.75) is 36.9 Å². The highest BCUT2D eigenvalue weighted by molar-refractivity contribution is 7.99. The minimum atomic E-state index is -0.526. The van der Waals surface area contributed by atoms with Gasteiger partial charge in [-0.25, -0.2) is 0 Å². The zero-order valence-corrected chi connectivity index (χ0v) is 16.5. The molecule has 0 aliphatic rings. The molecule has 1 N–H and O–H groups in total. The molecule has 0 amide bonds. The minimum absolute atomic E-state index is 0.00962. The zero-order valence-electron chi connectivity index (χ0n) is 15.7. The van der Waals surface area contributed by atoms with Gasteiger partial charge in [0.25, 0.3) is 0 Å². The Morgan fingerprint density at radius 1 is 1.08 bits per heavy atom. The number of rotatable bonds is 10. The third-order valence-electron chi connectivity index (χ3n) is 4.49. The van der Waals surface area contributed by atoms with E-state index >= 15 is 0 Å². The highest BCUT2D eigenvalue weighted by Crippen LogP contribution is 2.28. The lowest BCUT2D eigenvalue weighted by Gasteiger charge is -2.38. The number of nitrogens with zero attached hydrogens (tertiary/aromatic N) is 1. The van der Waals surface area contributed by atoms with E-state index in [0.717, 1.165) is 12.3 Å². The second-order valence-corrected chi connectivity index (χ2v) is 7.37. The number of hydrogen-bond acceptors (Lipinski definition) is 3. The molecule has 0 aliphatic heterocycles. The smallest absolute Gasteiger partial charge is 0.0884 e. The van der Waals surface area contributed by atoms with E-state index in [4.69, 9.17) is 0 Å². The van der Waals surface area contributed by atoms with Crippen LogP contribution in [-0.4, -0.2) is 34.4 Å². The van der Waals surface area contributed by atoms with Gasteiger partial charge in [0, 0.05) is 29.3 Å². The maximum absolute atomic E-state index is 10.8. The molecular weight excluding hydrogens is 338 g/mol. The Hall–Kier alpha value is -1.81. The van der Waals surface area contributed by atoms with E-state index in [0.29, 0.717) is 0 Å². The maximum Gasteiger partial charge on any atom is 0.0884 e. The van der Waals surface area contributed by atoms with Gasteiger partial charge in [0.1, 0.15) is 0 Å². The Morgan fingerprint density at radius 3 is 2.27 bits per heavy atom. The Kier molecular flexibility index (Phi) is 8.69. The first-order valence-electron chi connectivity index (χ1n) is 9.07. The average Bonchev–Trinajstić information content (AvgIpc) is 2.68. The normalized spacial score (nSPS) is 15.1. The summed E-state index contributed by atoms with van der Waals surface area (Å²) >= 11 is 1.78. The van der Waals surface area contributed by atoms with Gasteiger partial charge in [-0.3, -0.25) is 4.90 Å². The number of aliphatic hydroxyl groups is 1. The lowest BCUT2D eigenvalue weighted by atomic mass is 10.0. The molecule has 0 heterocycles. The van der Waals surface area contributed by atoms with Crippen LogP contribution in [0.4, 0.5) is 0 Å². The van der Waals surface area contributed by atoms with Crippen LogP contribution in [0.15, 0.2) is 90.4 Å². The van der Waals surface area contributed by atoms with Gasteiger partial charge in [-0.2, -0.15) is 0 Å². The first kappa shape index (κ1) is 20.5. The third kappa shape index (κ3) is 5.87. The molecule has 138 valence electrons. The van der Waals surface area contributed by atoms with Crippen molar-refractivity contribution in [1.82, 2.24) is 4.90 Å². The molecule has 0 spiro atoms. The molecule has 0 unspecified atom stereocenters. The van der Waals surface area contributed by atoms with E-state index in [2.05, 4.69) is 54.8 Å². The van der Waals surface area contributed by atoms with Gasteiger partial charge < -0.3 is 5.11 Å². The van der Waals surface area contributed by atoms with E-state index in [-0.39, 0.29) is 12.1 Å². The second kappa shape index (κ2) is 11.0. The van der Waals surface area contributed by atoms with Crippen LogP contribution in [0.3, 0.4) is 0 Å². The molecule has 0 aliphatic carbocycles. The van der Waals surface area contributed by atoms with E-state index in [1.165, 1.54) is 10.5 Å². The summed E-state index contributed by atoms with van der Waals surface area (Å²) < 4.78 is 0. The number of aliphatic hydroxyl groups excluding tert-OH is 1. The summed E-state index contributed by atoms with van der Waals surface area (Å²) in [5.74, 6) is 0.806. The van der Waals surface area contributed by atoms with E-state index in [9.17, 15) is 5.11 Å². The van der Waals surface area contributed by atoms with Crippen molar-refractivity contribution in [3.8, 4) is 0 Å². The van der Waals surface area contributed by atoms with Crippen molar-refractivity contribution in [2.75, 3.05) is 12.3 Å². The van der Waals surface area contributed by atoms with Crippen molar-refractivity contribution in [2.24, 2.45) is 0 Å². The van der Waals surface area contributed by atoms with Crippen LogP contribution in [0.1, 0.15) is 25.5 Å². The van der Waals surface area contributed by atoms with Crippen LogP contribution < -0.4 is 0 Å². The molecule has 0 aromatic heterocycles. The molecule has 2 aromatic carbocycles. The molecule has 0 fully saturated rings. The fourth-order valence-corrected chi connectivity index (χ4v) is 4.17. The molecule has 2 rings (SSSR count). The predicted molar refractivity (Wildman–Crippen MR) is 114 cm³/mol. The lowest BCUT2D eigenvalue weighted by Crippen LogP contribution is -2.46. The molecule has 2 aromatic rings. The lowest BCUT2D eigenvalue weighted by molar-refractivity contribution is 0.0739. The van der Waals surface area contributed by atoms with Gasteiger partial charge in [-0.15, -0.1) is 18.3 Å². The summed E-state index contributed by atoms with van der Waals surface area (Å²) in [6.07, 6.45) is 5.19. The first-order chi connectivity index (χ1) is 12.7. The zero-order chi connectivity index (χ0) is 18.8. The Bertz CT molecular complexity index is 671. The van der Waals surface area contributed by atoms with Crippen LogP contribution in [0.2, 0.25) is 0 Å². The number of allylic oxidation sites excluding steroid dienone is 1. The molecular formula is C23H29NOS. The SMILES string of the molecule is C=CCN([C@H](C)c1ccccc1)[C@H](CSc1ccccc1)[C@H](O)/C=C/C. The summed E-state index contributed by atoms with van der Waals surface area (Å²) in [5.41, 5.74) is 1.25. The number of hydrogen-bond donors (Lipinski definition) is 1. The van der Waals surface area contributed by atoms with Gasteiger partial charge in [-0.1, -0.05) is 66.8 Å². The molecule has 0 bridgehead atoms. The Morgan fingerprint density at radius 2 is 1.69 bits per heavy atom. The van der Waals surface area contributed by atoms with Crippen LogP contribution in [0, 0.1) is 0 Å².